The summed E-state index contributed by atoms with van der Waals surface area (Å²) in [6.45, 7) is 0. The topological polar surface area (TPSA) is 52.8 Å². The van der Waals surface area contributed by atoms with E-state index in [0.717, 1.165) is 19.3 Å². The van der Waals surface area contributed by atoms with Crippen molar-refractivity contribution >= 4 is 13.3 Å². The summed E-state index contributed by atoms with van der Waals surface area (Å²) in [5.74, 6) is -0.265. The van der Waals surface area contributed by atoms with Crippen molar-refractivity contribution in [2.75, 3.05) is 0 Å². The predicted octanol–water partition coefficient (Wildman–Crippen LogP) is -0.378. The molecule has 1 unspecified atom stereocenters. The zero-order chi connectivity index (χ0) is 6.69. The zero-order valence-electron chi connectivity index (χ0n) is 5.20. The second-order valence-corrected chi connectivity index (χ2v) is 2.24. The lowest BCUT2D eigenvalue weighted by Crippen LogP contribution is -2.30. The molecule has 0 aliphatic carbocycles. The van der Waals surface area contributed by atoms with E-state index in [1.165, 1.54) is 0 Å². The van der Waals surface area contributed by atoms with Gasteiger partial charge in [0.2, 0.25) is 0 Å². The van der Waals surface area contributed by atoms with E-state index in [4.69, 9.17) is 10.0 Å². The highest BCUT2D eigenvalue weighted by Gasteiger charge is 2.22. The lowest BCUT2D eigenvalue weighted by molar-refractivity contribution is 0.380. The lowest BCUT2D eigenvalue weighted by Gasteiger charge is -2.13. The molecule has 1 aliphatic heterocycles. The largest absolute Gasteiger partial charge is 0.477 e. The van der Waals surface area contributed by atoms with E-state index in [-0.39, 0.29) is 5.94 Å². The molecule has 3 nitrogen and oxygen atoms in total. The second kappa shape index (κ2) is 2.99. The van der Waals surface area contributed by atoms with Crippen LogP contribution in [-0.4, -0.2) is 29.3 Å². The molecule has 2 N–H and O–H groups in total. The monoisotopic (exact) mass is 127 g/mol. The number of hydrogen-bond donors (Lipinski definition) is 2. The minimum atomic E-state index is -1.26. The fourth-order valence-corrected chi connectivity index (χ4v) is 0.929. The smallest absolute Gasteiger partial charge is 0.426 e. The Morgan fingerprint density at radius 1 is 1.56 bits per heavy atom. The van der Waals surface area contributed by atoms with E-state index < -0.39 is 7.12 Å². The highest BCUT2D eigenvalue weighted by Crippen LogP contribution is 2.09. The number of nitrogens with zero attached hydrogens (tertiary/aromatic N) is 1. The van der Waals surface area contributed by atoms with Crippen LogP contribution in [0.25, 0.3) is 0 Å². The molecule has 1 rings (SSSR count). The van der Waals surface area contributed by atoms with Gasteiger partial charge in [-0.05, 0) is 25.5 Å². The van der Waals surface area contributed by atoms with Crippen LogP contribution in [0.4, 0.5) is 0 Å². The van der Waals surface area contributed by atoms with E-state index in [1.54, 1.807) is 6.21 Å². The van der Waals surface area contributed by atoms with Crippen molar-refractivity contribution in [3.63, 3.8) is 0 Å². The van der Waals surface area contributed by atoms with Crippen molar-refractivity contribution in [3.05, 3.63) is 0 Å². The maximum atomic E-state index is 8.62. The Kier molecular flexibility index (Phi) is 2.25. The number of rotatable bonds is 1. The third kappa shape index (κ3) is 1.80. The van der Waals surface area contributed by atoms with Crippen LogP contribution in [0.2, 0.25) is 0 Å². The lowest BCUT2D eigenvalue weighted by atomic mass is 9.76. The zero-order valence-corrected chi connectivity index (χ0v) is 5.20. The summed E-state index contributed by atoms with van der Waals surface area (Å²) in [6, 6.07) is 0. The molecule has 50 valence electrons. The summed E-state index contributed by atoms with van der Waals surface area (Å²) < 4.78 is 0. The third-order valence-corrected chi connectivity index (χ3v) is 1.47. The molecule has 1 atom stereocenters. The average Bonchev–Trinajstić information content (AvgIpc) is 1.90. The molecule has 0 bridgehead atoms. The fourth-order valence-electron chi connectivity index (χ4n) is 0.929. The van der Waals surface area contributed by atoms with E-state index in [9.17, 15) is 0 Å². The molecule has 1 aliphatic rings. The number of aliphatic imine (C=N–C) groups is 1. The molecule has 0 aromatic heterocycles. The maximum absolute atomic E-state index is 8.62. The molecule has 0 fully saturated rings. The summed E-state index contributed by atoms with van der Waals surface area (Å²) >= 11 is 0. The standard InChI is InChI=1S/C5H10BNO2/c8-6(9)5-3-1-2-4-7-5/h4-5,8-9H,1-3H2. The molecule has 0 radical (unpaired) electrons. The quantitative estimate of drug-likeness (QED) is 0.471. The van der Waals surface area contributed by atoms with Gasteiger partial charge in [0.05, 0.1) is 5.94 Å². The predicted molar refractivity (Wildman–Crippen MR) is 36.3 cm³/mol. The molecule has 9 heavy (non-hydrogen) atoms. The van der Waals surface area contributed by atoms with Crippen LogP contribution < -0.4 is 0 Å². The van der Waals surface area contributed by atoms with Gasteiger partial charge in [-0.25, -0.2) is 0 Å². The van der Waals surface area contributed by atoms with Crippen LogP contribution in [0.3, 0.4) is 0 Å². The van der Waals surface area contributed by atoms with Crippen LogP contribution in [0.5, 0.6) is 0 Å². The Labute approximate surface area is 54.6 Å². The van der Waals surface area contributed by atoms with Gasteiger partial charge in [-0.15, -0.1) is 0 Å². The summed E-state index contributed by atoms with van der Waals surface area (Å²) in [4.78, 5) is 3.90. The molecule has 4 heteroatoms. The van der Waals surface area contributed by atoms with Gasteiger partial charge < -0.3 is 10.0 Å². The van der Waals surface area contributed by atoms with Crippen molar-refractivity contribution < 1.29 is 10.0 Å². The molecule has 0 amide bonds. The molecule has 0 saturated heterocycles. The van der Waals surface area contributed by atoms with Gasteiger partial charge in [0.15, 0.2) is 0 Å². The van der Waals surface area contributed by atoms with Crippen LogP contribution in [-0.2, 0) is 0 Å². The fraction of sp³-hybridized carbons (Fsp3) is 0.800. The number of hydrogen-bond acceptors (Lipinski definition) is 3. The highest BCUT2D eigenvalue weighted by molar-refractivity contribution is 6.43. The molecule has 0 aromatic carbocycles. The van der Waals surface area contributed by atoms with Crippen molar-refractivity contribution in [2.45, 2.75) is 25.2 Å². The summed E-state index contributed by atoms with van der Waals surface area (Å²) in [7, 11) is -1.26. The maximum Gasteiger partial charge on any atom is 0.477 e. The van der Waals surface area contributed by atoms with Crippen LogP contribution >= 0.6 is 0 Å². The summed E-state index contributed by atoms with van der Waals surface area (Å²) in [6.07, 6.45) is 4.55. The highest BCUT2D eigenvalue weighted by atomic mass is 16.4. The molecule has 0 saturated carbocycles. The summed E-state index contributed by atoms with van der Waals surface area (Å²) in [5, 5.41) is 17.2. The Morgan fingerprint density at radius 2 is 2.33 bits per heavy atom. The first-order valence-corrected chi connectivity index (χ1v) is 3.18. The minimum Gasteiger partial charge on any atom is -0.426 e. The molecule has 0 aromatic rings. The van der Waals surface area contributed by atoms with Gasteiger partial charge >= 0.3 is 7.12 Å². The van der Waals surface area contributed by atoms with Crippen LogP contribution in [0, 0.1) is 0 Å². The van der Waals surface area contributed by atoms with Gasteiger partial charge in [0.25, 0.3) is 0 Å². The Morgan fingerprint density at radius 3 is 2.67 bits per heavy atom. The Hall–Kier alpha value is -0.345. The third-order valence-electron chi connectivity index (χ3n) is 1.47. The van der Waals surface area contributed by atoms with Crippen LogP contribution in [0.15, 0.2) is 4.99 Å². The van der Waals surface area contributed by atoms with Crippen LogP contribution in [0.1, 0.15) is 19.3 Å². The first-order chi connectivity index (χ1) is 4.30. The Bertz CT molecular complexity index is 116. The van der Waals surface area contributed by atoms with Gasteiger partial charge in [0, 0.05) is 0 Å². The molecular weight excluding hydrogens is 117 g/mol. The van der Waals surface area contributed by atoms with E-state index in [1.807, 2.05) is 0 Å². The van der Waals surface area contributed by atoms with Crippen molar-refractivity contribution in [1.82, 2.24) is 0 Å². The van der Waals surface area contributed by atoms with Crippen molar-refractivity contribution in [1.29, 1.82) is 0 Å². The first kappa shape index (κ1) is 6.77. The average molecular weight is 127 g/mol. The molecule has 0 spiro atoms. The van der Waals surface area contributed by atoms with Gasteiger partial charge in [-0.1, -0.05) is 0 Å². The van der Waals surface area contributed by atoms with E-state index in [0.29, 0.717) is 0 Å². The first-order valence-electron chi connectivity index (χ1n) is 3.18. The van der Waals surface area contributed by atoms with E-state index in [2.05, 4.69) is 4.99 Å². The minimum absolute atomic E-state index is 0.265. The van der Waals surface area contributed by atoms with Gasteiger partial charge in [-0.2, -0.15) is 0 Å². The van der Waals surface area contributed by atoms with Gasteiger partial charge in [0.1, 0.15) is 0 Å². The van der Waals surface area contributed by atoms with E-state index >= 15 is 0 Å². The van der Waals surface area contributed by atoms with Crippen molar-refractivity contribution in [3.8, 4) is 0 Å². The molecule has 1 heterocycles. The second-order valence-electron chi connectivity index (χ2n) is 2.24. The summed E-state index contributed by atoms with van der Waals surface area (Å²) in [5.41, 5.74) is 0. The Balaban J connectivity index is 2.40. The normalized spacial score (nSPS) is 26.2. The van der Waals surface area contributed by atoms with Gasteiger partial charge in [-0.3, -0.25) is 4.99 Å². The molecular formula is C5H10BNO2. The van der Waals surface area contributed by atoms with Crippen molar-refractivity contribution in [2.24, 2.45) is 4.99 Å². The SMILES string of the molecule is OB(O)C1CCCC=N1.